The summed E-state index contributed by atoms with van der Waals surface area (Å²) >= 11 is 1.76. The fourth-order valence-corrected chi connectivity index (χ4v) is 4.48. The van der Waals surface area contributed by atoms with Gasteiger partial charge in [0.25, 0.3) is 0 Å². The molecule has 1 aliphatic carbocycles. The molecule has 0 unspecified atom stereocenters. The minimum absolute atomic E-state index is 0.412. The molecule has 0 radical (unpaired) electrons. The van der Waals surface area contributed by atoms with Crippen LogP contribution in [-0.4, -0.2) is 36.1 Å². The van der Waals surface area contributed by atoms with E-state index in [1.165, 1.54) is 24.8 Å². The summed E-state index contributed by atoms with van der Waals surface area (Å²) in [6, 6.07) is 11.4. The maximum atomic E-state index is 4.79. The maximum absolute atomic E-state index is 4.79. The molecule has 2 heterocycles. The lowest BCUT2D eigenvalue weighted by atomic mass is 9.91. The van der Waals surface area contributed by atoms with Crippen LogP contribution < -0.4 is 15.5 Å². The lowest BCUT2D eigenvalue weighted by Crippen LogP contribution is -2.38. The molecule has 142 valence electrons. The van der Waals surface area contributed by atoms with E-state index in [0.29, 0.717) is 12.1 Å². The normalized spacial score (nSPS) is 19.9. The van der Waals surface area contributed by atoms with E-state index in [0.717, 1.165) is 35.6 Å². The van der Waals surface area contributed by atoms with Crippen molar-refractivity contribution in [1.29, 1.82) is 0 Å². The maximum Gasteiger partial charge on any atom is 0.225 e. The summed E-state index contributed by atoms with van der Waals surface area (Å²) in [4.78, 5) is 11.6. The number of nitrogens with zero attached hydrogens (tertiary/aromatic N) is 3. The van der Waals surface area contributed by atoms with Crippen LogP contribution in [0.25, 0.3) is 10.9 Å². The molecule has 6 heteroatoms. The number of nitrogens with one attached hydrogen (secondary N) is 2. The summed E-state index contributed by atoms with van der Waals surface area (Å²) in [5, 5.41) is 12.8. The summed E-state index contributed by atoms with van der Waals surface area (Å²) in [5.41, 5.74) is 2.37. The van der Waals surface area contributed by atoms with E-state index in [1.807, 2.05) is 26.2 Å². The zero-order chi connectivity index (χ0) is 18.6. The first-order chi connectivity index (χ1) is 13.2. The van der Waals surface area contributed by atoms with Crippen LogP contribution in [0.3, 0.4) is 0 Å². The Morgan fingerprint density at radius 2 is 1.96 bits per heavy atom. The van der Waals surface area contributed by atoms with Crippen LogP contribution in [0.15, 0.2) is 41.1 Å². The van der Waals surface area contributed by atoms with Gasteiger partial charge in [-0.15, -0.1) is 0 Å². The average Bonchev–Trinajstić information content (AvgIpc) is 3.19. The van der Waals surface area contributed by atoms with E-state index in [1.54, 1.807) is 11.3 Å². The number of benzene rings is 1. The molecule has 1 fully saturated rings. The minimum Gasteiger partial charge on any atom is -0.362 e. The van der Waals surface area contributed by atoms with Gasteiger partial charge in [0.05, 0.1) is 5.52 Å². The van der Waals surface area contributed by atoms with Crippen molar-refractivity contribution < 1.29 is 0 Å². The van der Waals surface area contributed by atoms with Crippen molar-refractivity contribution >= 4 is 34.0 Å². The van der Waals surface area contributed by atoms with E-state index in [-0.39, 0.29) is 0 Å². The highest BCUT2D eigenvalue weighted by atomic mass is 32.1. The van der Waals surface area contributed by atoms with Gasteiger partial charge >= 0.3 is 0 Å². The first-order valence-electron chi connectivity index (χ1n) is 9.64. The molecule has 2 N–H and O–H groups in total. The van der Waals surface area contributed by atoms with Crippen LogP contribution in [0, 0.1) is 0 Å². The van der Waals surface area contributed by atoms with Gasteiger partial charge in [-0.05, 0) is 60.2 Å². The van der Waals surface area contributed by atoms with Gasteiger partial charge in [-0.25, -0.2) is 4.98 Å². The van der Waals surface area contributed by atoms with Gasteiger partial charge in [0, 0.05) is 38.1 Å². The average molecular weight is 382 g/mol. The Morgan fingerprint density at radius 3 is 2.78 bits per heavy atom. The van der Waals surface area contributed by atoms with Gasteiger partial charge in [-0.1, -0.05) is 12.1 Å². The topological polar surface area (TPSA) is 53.1 Å². The van der Waals surface area contributed by atoms with Gasteiger partial charge in [0.2, 0.25) is 5.95 Å². The van der Waals surface area contributed by atoms with Crippen LogP contribution in [-0.2, 0) is 6.54 Å². The van der Waals surface area contributed by atoms with Crippen molar-refractivity contribution in [2.24, 2.45) is 0 Å². The quantitative estimate of drug-likeness (QED) is 0.668. The molecule has 2 atom stereocenters. The summed E-state index contributed by atoms with van der Waals surface area (Å²) < 4.78 is 0. The molecule has 1 aliphatic rings. The molecule has 1 aromatic carbocycles. The second kappa shape index (κ2) is 8.23. The van der Waals surface area contributed by atoms with Gasteiger partial charge in [-0.2, -0.15) is 16.3 Å². The number of para-hydroxylation sites is 1. The summed E-state index contributed by atoms with van der Waals surface area (Å²) in [6.45, 7) is 0.956. The summed E-state index contributed by atoms with van der Waals surface area (Å²) in [7, 11) is 4.06. The summed E-state index contributed by atoms with van der Waals surface area (Å²) in [6.07, 6.45) is 4.75. The second-order valence-electron chi connectivity index (χ2n) is 7.50. The van der Waals surface area contributed by atoms with E-state index < -0.39 is 0 Å². The zero-order valence-electron chi connectivity index (χ0n) is 16.0. The molecule has 0 bridgehead atoms. The van der Waals surface area contributed by atoms with Crippen molar-refractivity contribution in [3.05, 3.63) is 46.7 Å². The number of anilines is 2. The second-order valence-corrected chi connectivity index (χ2v) is 8.28. The van der Waals surface area contributed by atoms with Crippen molar-refractivity contribution in [2.75, 3.05) is 24.3 Å². The third-order valence-corrected chi connectivity index (χ3v) is 5.92. The Labute approximate surface area is 164 Å². The minimum atomic E-state index is 0.412. The SMILES string of the molecule is CN(C)c1nc(N[C@@H]2CCC[C@@H](NCc3ccsc3)C2)nc2ccccc12. The number of thiophene rings is 1. The van der Waals surface area contributed by atoms with Crippen molar-refractivity contribution in [3.8, 4) is 0 Å². The van der Waals surface area contributed by atoms with Crippen LogP contribution in [0.4, 0.5) is 11.8 Å². The van der Waals surface area contributed by atoms with E-state index in [4.69, 9.17) is 9.97 Å². The molecule has 5 nitrogen and oxygen atoms in total. The third kappa shape index (κ3) is 4.39. The monoisotopic (exact) mass is 381 g/mol. The largest absolute Gasteiger partial charge is 0.362 e. The summed E-state index contributed by atoms with van der Waals surface area (Å²) in [5.74, 6) is 1.70. The van der Waals surface area contributed by atoms with Gasteiger partial charge in [0.1, 0.15) is 5.82 Å². The van der Waals surface area contributed by atoms with Crippen LogP contribution in [0.2, 0.25) is 0 Å². The fourth-order valence-electron chi connectivity index (χ4n) is 3.81. The van der Waals surface area contributed by atoms with Crippen molar-refractivity contribution in [1.82, 2.24) is 15.3 Å². The Bertz CT molecular complexity index is 877. The fraction of sp³-hybridized carbons (Fsp3) is 0.429. The third-order valence-electron chi connectivity index (χ3n) is 5.19. The number of aromatic nitrogens is 2. The predicted molar refractivity (Wildman–Crippen MR) is 115 cm³/mol. The molecule has 0 saturated heterocycles. The number of fused-ring (bicyclic) bond motifs is 1. The number of hydrogen-bond acceptors (Lipinski definition) is 6. The predicted octanol–water partition coefficient (Wildman–Crippen LogP) is 4.27. The molecular formula is C21H27N5S. The molecule has 0 amide bonds. The van der Waals surface area contributed by atoms with Crippen LogP contribution >= 0.6 is 11.3 Å². The molecule has 0 aliphatic heterocycles. The van der Waals surface area contributed by atoms with E-state index in [2.05, 4.69) is 44.5 Å². The lowest BCUT2D eigenvalue weighted by molar-refractivity contribution is 0.350. The zero-order valence-corrected chi connectivity index (χ0v) is 16.8. The van der Waals surface area contributed by atoms with Gasteiger partial charge in [-0.3, -0.25) is 0 Å². The molecule has 3 aromatic rings. The highest BCUT2D eigenvalue weighted by molar-refractivity contribution is 7.07. The molecule has 0 spiro atoms. The van der Waals surface area contributed by atoms with E-state index in [9.17, 15) is 0 Å². The molecular weight excluding hydrogens is 354 g/mol. The lowest BCUT2D eigenvalue weighted by Gasteiger charge is -2.30. The Morgan fingerprint density at radius 1 is 1.11 bits per heavy atom. The molecule has 4 rings (SSSR count). The van der Waals surface area contributed by atoms with E-state index >= 15 is 0 Å². The first-order valence-corrected chi connectivity index (χ1v) is 10.6. The smallest absolute Gasteiger partial charge is 0.225 e. The van der Waals surface area contributed by atoms with Crippen LogP contribution in [0.1, 0.15) is 31.2 Å². The Kier molecular flexibility index (Phi) is 5.55. The Hall–Kier alpha value is -2.18. The van der Waals surface area contributed by atoms with Crippen molar-refractivity contribution in [3.63, 3.8) is 0 Å². The van der Waals surface area contributed by atoms with Gasteiger partial charge < -0.3 is 15.5 Å². The van der Waals surface area contributed by atoms with Crippen molar-refractivity contribution in [2.45, 2.75) is 44.3 Å². The van der Waals surface area contributed by atoms with Crippen LogP contribution in [0.5, 0.6) is 0 Å². The Balaban J connectivity index is 1.45. The highest BCUT2D eigenvalue weighted by Crippen LogP contribution is 2.26. The molecule has 27 heavy (non-hydrogen) atoms. The number of rotatable bonds is 6. The molecule has 2 aromatic heterocycles. The number of hydrogen-bond donors (Lipinski definition) is 2. The van der Waals surface area contributed by atoms with Gasteiger partial charge in [0.15, 0.2) is 0 Å². The highest BCUT2D eigenvalue weighted by Gasteiger charge is 2.22. The standard InChI is InChI=1S/C21H27N5S/c1-26(2)20-18-8-3-4-9-19(18)24-21(25-20)23-17-7-5-6-16(12-17)22-13-15-10-11-27-14-15/h3-4,8-11,14,16-17,22H,5-7,12-13H2,1-2H3,(H,23,24,25)/t16-,17-/m1/s1. The molecule has 1 saturated carbocycles. The first kappa shape index (κ1) is 18.2.